The summed E-state index contributed by atoms with van der Waals surface area (Å²) in [6.07, 6.45) is 0.106. The molecule has 0 aromatic heterocycles. The first kappa shape index (κ1) is 13.9. The molecule has 3 rings (SSSR count). The smallest absolute Gasteiger partial charge is 0.306 e. The highest BCUT2D eigenvalue weighted by Crippen LogP contribution is 2.63. The Morgan fingerprint density at radius 2 is 1.90 bits per heavy atom. The SMILES string of the molecule is CN(C)[C@@H]1CC[C@H]2C[C@@]2(c2cccc(C(F)(F)F)c2)C1. The molecule has 2 saturated carbocycles. The van der Waals surface area contributed by atoms with E-state index in [2.05, 4.69) is 19.0 Å². The van der Waals surface area contributed by atoms with E-state index < -0.39 is 11.7 Å². The van der Waals surface area contributed by atoms with E-state index in [0.29, 0.717) is 12.0 Å². The van der Waals surface area contributed by atoms with E-state index in [4.69, 9.17) is 0 Å². The van der Waals surface area contributed by atoms with Crippen LogP contribution in [0.3, 0.4) is 0 Å². The fourth-order valence-corrected chi connectivity index (χ4v) is 3.84. The Balaban J connectivity index is 1.90. The minimum absolute atomic E-state index is 0.00838. The van der Waals surface area contributed by atoms with Gasteiger partial charge in [0.05, 0.1) is 5.56 Å². The van der Waals surface area contributed by atoms with Crippen molar-refractivity contribution in [3.8, 4) is 0 Å². The predicted molar refractivity (Wildman–Crippen MR) is 72.6 cm³/mol. The van der Waals surface area contributed by atoms with Crippen LogP contribution in [0, 0.1) is 5.92 Å². The molecule has 0 radical (unpaired) electrons. The lowest BCUT2D eigenvalue weighted by molar-refractivity contribution is -0.137. The Morgan fingerprint density at radius 1 is 1.15 bits per heavy atom. The minimum atomic E-state index is -4.24. The van der Waals surface area contributed by atoms with Crippen LogP contribution in [0.2, 0.25) is 0 Å². The third kappa shape index (κ3) is 2.24. The summed E-state index contributed by atoms with van der Waals surface area (Å²) >= 11 is 0. The second-order valence-electron chi connectivity index (χ2n) is 6.53. The van der Waals surface area contributed by atoms with Crippen LogP contribution < -0.4 is 0 Å². The molecule has 3 atom stereocenters. The number of hydrogen-bond acceptors (Lipinski definition) is 1. The molecule has 2 fully saturated rings. The highest BCUT2D eigenvalue weighted by Gasteiger charge is 2.58. The van der Waals surface area contributed by atoms with Crippen molar-refractivity contribution in [2.24, 2.45) is 5.92 Å². The normalized spacial score (nSPS) is 33.1. The first-order valence-electron chi connectivity index (χ1n) is 7.17. The quantitative estimate of drug-likeness (QED) is 0.790. The molecule has 0 saturated heterocycles. The minimum Gasteiger partial charge on any atom is -0.306 e. The zero-order valence-electron chi connectivity index (χ0n) is 11.9. The molecular formula is C16H20F3N. The zero-order chi connectivity index (χ0) is 14.5. The van der Waals surface area contributed by atoms with Crippen molar-refractivity contribution in [1.29, 1.82) is 0 Å². The largest absolute Gasteiger partial charge is 0.416 e. The Bertz CT molecular complexity index is 509. The predicted octanol–water partition coefficient (Wildman–Crippen LogP) is 4.08. The molecule has 2 aliphatic rings. The van der Waals surface area contributed by atoms with Crippen LogP contribution in [-0.2, 0) is 11.6 Å². The van der Waals surface area contributed by atoms with Crippen molar-refractivity contribution in [3.63, 3.8) is 0 Å². The maximum absolute atomic E-state index is 12.9. The molecule has 0 amide bonds. The van der Waals surface area contributed by atoms with Gasteiger partial charge in [-0.05, 0) is 62.7 Å². The van der Waals surface area contributed by atoms with Crippen molar-refractivity contribution in [1.82, 2.24) is 4.90 Å². The third-order valence-electron chi connectivity index (χ3n) is 5.18. The molecular weight excluding hydrogens is 263 g/mol. The maximum Gasteiger partial charge on any atom is 0.416 e. The van der Waals surface area contributed by atoms with E-state index >= 15 is 0 Å². The van der Waals surface area contributed by atoms with Gasteiger partial charge in [-0.2, -0.15) is 13.2 Å². The Kier molecular flexibility index (Phi) is 3.12. The standard InChI is InChI=1S/C16H20F3N/c1-20(2)14-7-6-13-9-15(13,10-14)11-4-3-5-12(8-11)16(17,18)19/h3-5,8,13-14H,6-7,9-10H2,1-2H3/t13-,14+,15-/m0/s1. The summed E-state index contributed by atoms with van der Waals surface area (Å²) in [5, 5.41) is 0. The summed E-state index contributed by atoms with van der Waals surface area (Å²) in [6.45, 7) is 0. The second kappa shape index (κ2) is 4.48. The number of rotatable bonds is 2. The summed E-state index contributed by atoms with van der Waals surface area (Å²) in [5.74, 6) is 0.585. The van der Waals surface area contributed by atoms with Gasteiger partial charge in [0.15, 0.2) is 0 Å². The van der Waals surface area contributed by atoms with Crippen molar-refractivity contribution in [2.75, 3.05) is 14.1 Å². The number of hydrogen-bond donors (Lipinski definition) is 0. The lowest BCUT2D eigenvalue weighted by Crippen LogP contribution is -2.35. The fraction of sp³-hybridized carbons (Fsp3) is 0.625. The summed E-state index contributed by atoms with van der Waals surface area (Å²) in [5.41, 5.74) is 0.389. The van der Waals surface area contributed by atoms with Crippen LogP contribution in [0.5, 0.6) is 0 Å². The van der Waals surface area contributed by atoms with Gasteiger partial charge in [-0.25, -0.2) is 0 Å². The number of nitrogens with zero attached hydrogens (tertiary/aromatic N) is 1. The second-order valence-corrected chi connectivity index (χ2v) is 6.53. The van der Waals surface area contributed by atoms with E-state index in [1.165, 1.54) is 18.6 Å². The van der Waals surface area contributed by atoms with Crippen molar-refractivity contribution >= 4 is 0 Å². The van der Waals surface area contributed by atoms with Gasteiger partial charge in [0.2, 0.25) is 0 Å². The average Bonchev–Trinajstić information content (AvgIpc) is 3.12. The summed E-state index contributed by atoms with van der Waals surface area (Å²) in [4.78, 5) is 2.21. The van der Waals surface area contributed by atoms with Crippen LogP contribution in [0.15, 0.2) is 24.3 Å². The topological polar surface area (TPSA) is 3.24 Å². The summed E-state index contributed by atoms with van der Waals surface area (Å²) < 4.78 is 38.6. The van der Waals surface area contributed by atoms with Crippen LogP contribution >= 0.6 is 0 Å². The molecule has 110 valence electrons. The lowest BCUT2D eigenvalue weighted by Gasteiger charge is -2.34. The molecule has 0 unspecified atom stereocenters. The molecule has 0 spiro atoms. The molecule has 4 heteroatoms. The number of alkyl halides is 3. The lowest BCUT2D eigenvalue weighted by atomic mass is 9.79. The summed E-state index contributed by atoms with van der Waals surface area (Å²) in [6, 6.07) is 6.47. The van der Waals surface area contributed by atoms with Gasteiger partial charge in [0, 0.05) is 6.04 Å². The maximum atomic E-state index is 12.9. The van der Waals surface area contributed by atoms with Crippen LogP contribution in [-0.4, -0.2) is 25.0 Å². The van der Waals surface area contributed by atoms with E-state index in [9.17, 15) is 13.2 Å². The third-order valence-corrected chi connectivity index (χ3v) is 5.18. The number of benzene rings is 1. The van der Waals surface area contributed by atoms with Gasteiger partial charge < -0.3 is 4.90 Å². The monoisotopic (exact) mass is 283 g/mol. The summed E-state index contributed by atoms with van der Waals surface area (Å²) in [7, 11) is 4.13. The van der Waals surface area contributed by atoms with Gasteiger partial charge >= 0.3 is 6.18 Å². The molecule has 0 heterocycles. The molecule has 1 aromatic rings. The van der Waals surface area contributed by atoms with Gasteiger partial charge in [-0.15, -0.1) is 0 Å². The van der Waals surface area contributed by atoms with Gasteiger partial charge in [-0.3, -0.25) is 0 Å². The average molecular weight is 283 g/mol. The Morgan fingerprint density at radius 3 is 2.55 bits per heavy atom. The van der Waals surface area contributed by atoms with Crippen LogP contribution in [0.1, 0.15) is 36.8 Å². The Hall–Kier alpha value is -1.03. The van der Waals surface area contributed by atoms with E-state index in [1.54, 1.807) is 6.07 Å². The van der Waals surface area contributed by atoms with Gasteiger partial charge in [-0.1, -0.05) is 18.2 Å². The molecule has 20 heavy (non-hydrogen) atoms. The zero-order valence-corrected chi connectivity index (χ0v) is 11.9. The highest BCUT2D eigenvalue weighted by molar-refractivity contribution is 5.38. The van der Waals surface area contributed by atoms with Crippen LogP contribution in [0.4, 0.5) is 13.2 Å². The molecule has 1 aromatic carbocycles. The highest BCUT2D eigenvalue weighted by atomic mass is 19.4. The molecule has 0 bridgehead atoms. The molecule has 0 N–H and O–H groups in total. The van der Waals surface area contributed by atoms with E-state index in [-0.39, 0.29) is 5.41 Å². The van der Waals surface area contributed by atoms with Crippen molar-refractivity contribution in [2.45, 2.75) is 43.3 Å². The Labute approximate surface area is 117 Å². The van der Waals surface area contributed by atoms with Gasteiger partial charge in [0.1, 0.15) is 0 Å². The fourth-order valence-electron chi connectivity index (χ4n) is 3.84. The first-order valence-corrected chi connectivity index (χ1v) is 7.17. The first-order chi connectivity index (χ1) is 9.33. The van der Waals surface area contributed by atoms with Crippen LogP contribution in [0.25, 0.3) is 0 Å². The molecule has 2 aliphatic carbocycles. The van der Waals surface area contributed by atoms with Gasteiger partial charge in [0.25, 0.3) is 0 Å². The van der Waals surface area contributed by atoms with E-state index in [0.717, 1.165) is 24.8 Å². The number of fused-ring (bicyclic) bond motifs is 1. The molecule has 1 nitrogen and oxygen atoms in total. The van der Waals surface area contributed by atoms with Crippen molar-refractivity contribution < 1.29 is 13.2 Å². The molecule has 0 aliphatic heterocycles. The van der Waals surface area contributed by atoms with E-state index in [1.807, 2.05) is 6.07 Å². The number of halogens is 3. The van der Waals surface area contributed by atoms with Crippen molar-refractivity contribution in [3.05, 3.63) is 35.4 Å².